The van der Waals surface area contributed by atoms with Gasteiger partial charge in [-0.15, -0.1) is 0 Å². The van der Waals surface area contributed by atoms with Gasteiger partial charge in [-0.05, 0) is 48.4 Å². The molecule has 0 heterocycles. The average Bonchev–Trinajstić information content (AvgIpc) is 2.69. The lowest BCUT2D eigenvalue weighted by molar-refractivity contribution is -0.123. The van der Waals surface area contributed by atoms with E-state index in [1.54, 1.807) is 24.3 Å². The number of nitrogens with zero attached hydrogens (tertiary/aromatic N) is 1. The van der Waals surface area contributed by atoms with E-state index in [1.165, 1.54) is 16.9 Å². The van der Waals surface area contributed by atoms with Gasteiger partial charge in [0.2, 0.25) is 10.0 Å². The van der Waals surface area contributed by atoms with Crippen molar-refractivity contribution in [3.63, 3.8) is 0 Å². The summed E-state index contributed by atoms with van der Waals surface area (Å²) in [6.45, 7) is 2.70. The monoisotopic (exact) mass is 406 g/mol. The van der Waals surface area contributed by atoms with Crippen LogP contribution in [0.3, 0.4) is 0 Å². The third kappa shape index (κ3) is 6.77. The van der Waals surface area contributed by atoms with Gasteiger partial charge < -0.3 is 14.8 Å². The number of anilines is 1. The van der Waals surface area contributed by atoms with Gasteiger partial charge in [0.05, 0.1) is 18.5 Å². The summed E-state index contributed by atoms with van der Waals surface area (Å²) in [6, 6.07) is 14.3. The van der Waals surface area contributed by atoms with E-state index in [1.807, 2.05) is 24.3 Å². The predicted octanol–water partition coefficient (Wildman–Crippen LogP) is 2.22. The summed E-state index contributed by atoms with van der Waals surface area (Å²) in [5.74, 6) is 0.983. The third-order valence-corrected chi connectivity index (χ3v) is 5.30. The highest BCUT2D eigenvalue weighted by molar-refractivity contribution is 7.92. The summed E-state index contributed by atoms with van der Waals surface area (Å²) in [6.07, 6.45) is 2.11. The first-order valence-corrected chi connectivity index (χ1v) is 10.8. The van der Waals surface area contributed by atoms with Crippen molar-refractivity contribution in [3.05, 3.63) is 54.1 Å². The lowest BCUT2D eigenvalue weighted by Crippen LogP contribution is -2.32. The highest BCUT2D eigenvalue weighted by atomic mass is 32.2. The first kappa shape index (κ1) is 21.6. The molecule has 2 aromatic carbocycles. The minimum absolute atomic E-state index is 0.132. The quantitative estimate of drug-likeness (QED) is 0.612. The Morgan fingerprint density at radius 1 is 1.00 bits per heavy atom. The number of carbonyl (C=O) groups is 1. The zero-order chi connectivity index (χ0) is 20.6. The summed E-state index contributed by atoms with van der Waals surface area (Å²) >= 11 is 0. The summed E-state index contributed by atoms with van der Waals surface area (Å²) in [5.41, 5.74) is 1.76. The molecule has 0 aromatic heterocycles. The topological polar surface area (TPSA) is 84.9 Å². The average molecular weight is 407 g/mol. The maximum atomic E-state index is 11.8. The van der Waals surface area contributed by atoms with Gasteiger partial charge in [0.15, 0.2) is 6.61 Å². The maximum absolute atomic E-state index is 11.8. The second-order valence-corrected chi connectivity index (χ2v) is 8.22. The van der Waals surface area contributed by atoms with Crippen LogP contribution in [-0.4, -0.2) is 47.4 Å². The van der Waals surface area contributed by atoms with Crippen molar-refractivity contribution in [2.75, 3.05) is 37.4 Å². The number of nitrogens with one attached hydrogen (secondary N) is 1. The summed E-state index contributed by atoms with van der Waals surface area (Å²) in [7, 11) is -1.84. The maximum Gasteiger partial charge on any atom is 0.258 e. The van der Waals surface area contributed by atoms with Crippen molar-refractivity contribution in [2.24, 2.45) is 0 Å². The van der Waals surface area contributed by atoms with Crippen LogP contribution in [0.2, 0.25) is 0 Å². The molecule has 0 fully saturated rings. The van der Waals surface area contributed by atoms with Crippen molar-refractivity contribution in [3.8, 4) is 11.5 Å². The predicted molar refractivity (Wildman–Crippen MR) is 110 cm³/mol. The number of rotatable bonds is 10. The molecule has 0 aliphatic rings. The van der Waals surface area contributed by atoms with Gasteiger partial charge in [-0.1, -0.05) is 19.1 Å². The Balaban J connectivity index is 1.69. The second-order valence-electron chi connectivity index (χ2n) is 6.21. The van der Waals surface area contributed by atoms with Crippen LogP contribution in [0.1, 0.15) is 12.5 Å². The van der Waals surface area contributed by atoms with Crippen molar-refractivity contribution in [2.45, 2.75) is 13.3 Å². The molecule has 2 rings (SSSR count). The smallest absolute Gasteiger partial charge is 0.258 e. The largest absolute Gasteiger partial charge is 0.492 e. The van der Waals surface area contributed by atoms with Crippen LogP contribution in [0.15, 0.2) is 48.5 Å². The van der Waals surface area contributed by atoms with Crippen molar-refractivity contribution >= 4 is 21.6 Å². The molecule has 8 heteroatoms. The molecule has 1 amide bonds. The molecular formula is C20H26N2O5S. The first-order chi connectivity index (χ1) is 13.3. The van der Waals surface area contributed by atoms with E-state index in [4.69, 9.17) is 9.47 Å². The van der Waals surface area contributed by atoms with E-state index < -0.39 is 10.0 Å². The fourth-order valence-corrected chi connectivity index (χ4v) is 2.83. The van der Waals surface area contributed by atoms with Crippen molar-refractivity contribution < 1.29 is 22.7 Å². The molecular weight excluding hydrogens is 380 g/mol. The number of hydrogen-bond acceptors (Lipinski definition) is 5. The number of sulfonamides is 1. The molecule has 0 aliphatic carbocycles. The highest BCUT2D eigenvalue weighted by Crippen LogP contribution is 2.20. The molecule has 1 N–H and O–H groups in total. The molecule has 0 radical (unpaired) electrons. The van der Waals surface area contributed by atoms with E-state index in [0.717, 1.165) is 18.4 Å². The van der Waals surface area contributed by atoms with E-state index in [2.05, 4.69) is 12.2 Å². The van der Waals surface area contributed by atoms with Gasteiger partial charge in [0, 0.05) is 7.05 Å². The zero-order valence-corrected chi connectivity index (χ0v) is 17.2. The molecule has 2 aromatic rings. The Kier molecular flexibility index (Phi) is 7.69. The Hall–Kier alpha value is -2.74. The number of aryl methyl sites for hydroxylation is 1. The molecule has 0 atom stereocenters. The van der Waals surface area contributed by atoms with Crippen LogP contribution >= 0.6 is 0 Å². The van der Waals surface area contributed by atoms with Gasteiger partial charge in [-0.2, -0.15) is 0 Å². The van der Waals surface area contributed by atoms with Crippen LogP contribution in [0, 0.1) is 0 Å². The number of ether oxygens (including phenoxy) is 2. The number of hydrogen-bond donors (Lipinski definition) is 1. The fraction of sp³-hybridized carbons (Fsp3) is 0.350. The molecule has 0 spiro atoms. The third-order valence-electron chi connectivity index (χ3n) is 4.09. The van der Waals surface area contributed by atoms with Crippen LogP contribution in [0.25, 0.3) is 0 Å². The van der Waals surface area contributed by atoms with Gasteiger partial charge in [-0.25, -0.2) is 8.42 Å². The fourth-order valence-electron chi connectivity index (χ4n) is 2.32. The second kappa shape index (κ2) is 9.98. The molecule has 0 aliphatic heterocycles. The molecule has 0 saturated carbocycles. The zero-order valence-electron chi connectivity index (χ0n) is 16.3. The number of carbonyl (C=O) groups excluding carboxylic acids is 1. The Labute approximate surface area is 166 Å². The van der Waals surface area contributed by atoms with Crippen LogP contribution < -0.4 is 19.1 Å². The van der Waals surface area contributed by atoms with Crippen LogP contribution in [-0.2, 0) is 21.2 Å². The Bertz CT molecular complexity index is 864. The van der Waals surface area contributed by atoms with E-state index in [9.17, 15) is 13.2 Å². The minimum atomic E-state index is -3.31. The molecule has 0 bridgehead atoms. The van der Waals surface area contributed by atoms with E-state index in [-0.39, 0.29) is 12.5 Å². The summed E-state index contributed by atoms with van der Waals surface area (Å²) < 4.78 is 35.2. The first-order valence-electron chi connectivity index (χ1n) is 8.95. The Morgan fingerprint density at radius 3 is 2.14 bits per heavy atom. The summed E-state index contributed by atoms with van der Waals surface area (Å²) in [4.78, 5) is 11.8. The van der Waals surface area contributed by atoms with Gasteiger partial charge in [0.25, 0.3) is 5.91 Å². The van der Waals surface area contributed by atoms with Crippen LogP contribution in [0.5, 0.6) is 11.5 Å². The highest BCUT2D eigenvalue weighted by Gasteiger charge is 2.11. The van der Waals surface area contributed by atoms with E-state index >= 15 is 0 Å². The van der Waals surface area contributed by atoms with E-state index in [0.29, 0.717) is 24.6 Å². The van der Waals surface area contributed by atoms with Crippen molar-refractivity contribution in [1.29, 1.82) is 0 Å². The number of amides is 1. The standard InChI is InChI=1S/C20H26N2O5S/c1-4-16-5-9-18(10-6-16)26-14-13-21-20(23)15-27-19-11-7-17(8-12-19)22(2)28(3,24)25/h5-12H,4,13-15H2,1-3H3,(H,21,23). The minimum Gasteiger partial charge on any atom is -0.492 e. The molecule has 28 heavy (non-hydrogen) atoms. The molecule has 152 valence electrons. The Morgan fingerprint density at radius 2 is 1.57 bits per heavy atom. The molecule has 0 unspecified atom stereocenters. The van der Waals surface area contributed by atoms with Gasteiger partial charge in [-0.3, -0.25) is 9.10 Å². The molecule has 0 saturated heterocycles. The normalized spacial score (nSPS) is 11.0. The SMILES string of the molecule is CCc1ccc(OCCNC(=O)COc2ccc(N(C)S(C)(=O)=O)cc2)cc1. The molecule has 7 nitrogen and oxygen atoms in total. The van der Waals surface area contributed by atoms with Gasteiger partial charge >= 0.3 is 0 Å². The summed E-state index contributed by atoms with van der Waals surface area (Å²) in [5, 5.41) is 2.72. The van der Waals surface area contributed by atoms with Crippen LogP contribution in [0.4, 0.5) is 5.69 Å². The van der Waals surface area contributed by atoms with Crippen molar-refractivity contribution in [1.82, 2.24) is 5.32 Å². The van der Waals surface area contributed by atoms with Gasteiger partial charge in [0.1, 0.15) is 18.1 Å². The number of benzene rings is 2. The lowest BCUT2D eigenvalue weighted by atomic mass is 10.2. The lowest BCUT2D eigenvalue weighted by Gasteiger charge is -2.16.